The summed E-state index contributed by atoms with van der Waals surface area (Å²) in [5, 5.41) is 9.14. The van der Waals surface area contributed by atoms with Crippen LogP contribution in [0.1, 0.15) is 47.2 Å². The van der Waals surface area contributed by atoms with Gasteiger partial charge >= 0.3 is 11.9 Å². The first-order valence-corrected chi connectivity index (χ1v) is 7.61. The molecule has 0 amide bonds. The topological polar surface area (TPSA) is 107 Å². The van der Waals surface area contributed by atoms with Crippen LogP contribution in [-0.4, -0.2) is 29.2 Å². The van der Waals surface area contributed by atoms with E-state index in [2.05, 4.69) is 4.74 Å². The van der Waals surface area contributed by atoms with Crippen molar-refractivity contribution in [1.82, 2.24) is 4.57 Å². The first-order chi connectivity index (χ1) is 12.1. The van der Waals surface area contributed by atoms with Gasteiger partial charge in [-0.3, -0.25) is 0 Å². The molecule has 0 aliphatic heterocycles. The number of esters is 2. The molecular formula is C18H18FN3O4. The summed E-state index contributed by atoms with van der Waals surface area (Å²) in [5.41, 5.74) is 4.86. The molecule has 0 radical (unpaired) electrons. The van der Waals surface area contributed by atoms with E-state index in [0.717, 1.165) is 6.07 Å². The van der Waals surface area contributed by atoms with E-state index in [-0.39, 0.29) is 28.2 Å². The van der Waals surface area contributed by atoms with Crippen LogP contribution >= 0.6 is 0 Å². The molecule has 0 aliphatic rings. The number of nitrogens with zero attached hydrogens (tertiary/aromatic N) is 2. The molecule has 2 N–H and O–H groups in total. The predicted molar refractivity (Wildman–Crippen MR) is 91.4 cm³/mol. The van der Waals surface area contributed by atoms with Crippen LogP contribution < -0.4 is 5.73 Å². The van der Waals surface area contributed by atoms with Crippen molar-refractivity contribution in [1.29, 1.82) is 5.26 Å². The maximum Gasteiger partial charge on any atom is 0.357 e. The number of benzene rings is 1. The van der Waals surface area contributed by atoms with E-state index >= 15 is 0 Å². The fourth-order valence-corrected chi connectivity index (χ4v) is 2.27. The Kier molecular flexibility index (Phi) is 5.02. The van der Waals surface area contributed by atoms with Gasteiger partial charge in [-0.15, -0.1) is 0 Å². The van der Waals surface area contributed by atoms with Crippen LogP contribution in [0.4, 0.5) is 10.1 Å². The lowest BCUT2D eigenvalue weighted by Crippen LogP contribution is -2.24. The van der Waals surface area contributed by atoms with E-state index < -0.39 is 23.4 Å². The zero-order valence-electron chi connectivity index (χ0n) is 14.8. The molecule has 7 nitrogen and oxygen atoms in total. The van der Waals surface area contributed by atoms with Gasteiger partial charge in [-0.05, 0) is 39.0 Å². The molecule has 2 aromatic rings. The molecule has 26 heavy (non-hydrogen) atoms. The number of aromatic nitrogens is 1. The van der Waals surface area contributed by atoms with Gasteiger partial charge in [0.25, 0.3) is 0 Å². The number of halogens is 1. The van der Waals surface area contributed by atoms with Gasteiger partial charge in [-0.1, -0.05) is 0 Å². The maximum atomic E-state index is 14.1. The number of nitriles is 1. The Morgan fingerprint density at radius 2 is 1.92 bits per heavy atom. The number of anilines is 1. The Bertz CT molecular complexity index is 920. The van der Waals surface area contributed by atoms with Crippen molar-refractivity contribution in [3.8, 4) is 11.8 Å². The monoisotopic (exact) mass is 359 g/mol. The highest BCUT2D eigenvalue weighted by atomic mass is 19.1. The van der Waals surface area contributed by atoms with Gasteiger partial charge in [0.2, 0.25) is 0 Å². The zero-order valence-corrected chi connectivity index (χ0v) is 14.8. The minimum atomic E-state index is -0.850. The number of rotatable bonds is 3. The first-order valence-electron chi connectivity index (χ1n) is 7.61. The van der Waals surface area contributed by atoms with Crippen LogP contribution in [0, 0.1) is 17.1 Å². The second-order valence-corrected chi connectivity index (χ2v) is 6.44. The molecule has 0 saturated heterocycles. The largest absolute Gasteiger partial charge is 0.464 e. The standard InChI is InChI=1S/C18H18FN3O4/c1-18(2,3)26-16(23)12-7-11(5-6-13(12)19)22-9-10(8-20)14(21)15(22)17(24)25-4/h5-7,9H,21H2,1-4H3. The summed E-state index contributed by atoms with van der Waals surface area (Å²) in [7, 11) is 1.17. The van der Waals surface area contributed by atoms with Crippen molar-refractivity contribution in [3.05, 3.63) is 47.0 Å². The van der Waals surface area contributed by atoms with Crippen molar-refractivity contribution in [2.45, 2.75) is 26.4 Å². The molecule has 0 atom stereocenters. The minimum Gasteiger partial charge on any atom is -0.464 e. The van der Waals surface area contributed by atoms with Crippen molar-refractivity contribution >= 4 is 17.6 Å². The second kappa shape index (κ2) is 6.88. The summed E-state index contributed by atoms with van der Waals surface area (Å²) in [6, 6.07) is 5.49. The highest BCUT2D eigenvalue weighted by Gasteiger charge is 2.24. The lowest BCUT2D eigenvalue weighted by molar-refractivity contribution is 0.00645. The van der Waals surface area contributed by atoms with E-state index in [4.69, 9.17) is 15.7 Å². The lowest BCUT2D eigenvalue weighted by atomic mass is 10.1. The lowest BCUT2D eigenvalue weighted by Gasteiger charge is -2.20. The summed E-state index contributed by atoms with van der Waals surface area (Å²) < 4.78 is 25.3. The van der Waals surface area contributed by atoms with Gasteiger partial charge < -0.3 is 19.8 Å². The van der Waals surface area contributed by atoms with Crippen LogP contribution in [0.15, 0.2) is 24.4 Å². The highest BCUT2D eigenvalue weighted by Crippen LogP contribution is 2.26. The normalized spacial score (nSPS) is 10.9. The number of ether oxygens (including phenoxy) is 2. The Morgan fingerprint density at radius 3 is 2.46 bits per heavy atom. The average Bonchev–Trinajstić information content (AvgIpc) is 2.89. The van der Waals surface area contributed by atoms with Gasteiger partial charge in [0.15, 0.2) is 5.69 Å². The third kappa shape index (κ3) is 3.67. The second-order valence-electron chi connectivity index (χ2n) is 6.44. The number of hydrogen-bond donors (Lipinski definition) is 1. The molecule has 1 aromatic heterocycles. The van der Waals surface area contributed by atoms with Gasteiger partial charge in [-0.2, -0.15) is 5.26 Å². The zero-order chi connectivity index (χ0) is 19.6. The summed E-state index contributed by atoms with van der Waals surface area (Å²) in [6.07, 6.45) is 1.31. The van der Waals surface area contributed by atoms with Crippen LogP contribution in [0.3, 0.4) is 0 Å². The summed E-state index contributed by atoms with van der Waals surface area (Å²) >= 11 is 0. The Balaban J connectivity index is 2.61. The van der Waals surface area contributed by atoms with Crippen LogP contribution in [-0.2, 0) is 9.47 Å². The van der Waals surface area contributed by atoms with E-state index in [0.29, 0.717) is 0 Å². The van der Waals surface area contributed by atoms with Crippen LogP contribution in [0.2, 0.25) is 0 Å². The molecule has 1 heterocycles. The van der Waals surface area contributed by atoms with Gasteiger partial charge in [0.05, 0.1) is 23.9 Å². The summed E-state index contributed by atoms with van der Waals surface area (Å²) in [6.45, 7) is 4.98. The average molecular weight is 359 g/mol. The molecule has 8 heteroatoms. The Labute approximate surface area is 149 Å². The van der Waals surface area contributed by atoms with E-state index in [1.807, 2.05) is 6.07 Å². The van der Waals surface area contributed by atoms with Crippen LogP contribution in [0.5, 0.6) is 0 Å². The Morgan fingerprint density at radius 1 is 1.27 bits per heavy atom. The molecule has 0 fully saturated rings. The molecule has 0 spiro atoms. The third-order valence-electron chi connectivity index (χ3n) is 3.39. The first kappa shape index (κ1) is 19.0. The van der Waals surface area contributed by atoms with Gasteiger partial charge in [0, 0.05) is 11.9 Å². The number of carbonyl (C=O) groups is 2. The molecule has 0 bridgehead atoms. The summed E-state index contributed by atoms with van der Waals surface area (Å²) in [5.74, 6) is -2.40. The number of hydrogen-bond acceptors (Lipinski definition) is 6. The Hall–Kier alpha value is -3.34. The number of nitrogens with two attached hydrogens (primary N) is 1. The van der Waals surface area contributed by atoms with Crippen molar-refractivity contribution in [2.24, 2.45) is 0 Å². The van der Waals surface area contributed by atoms with Crippen molar-refractivity contribution in [2.75, 3.05) is 12.8 Å². The van der Waals surface area contributed by atoms with Crippen molar-refractivity contribution in [3.63, 3.8) is 0 Å². The van der Waals surface area contributed by atoms with Crippen molar-refractivity contribution < 1.29 is 23.5 Å². The summed E-state index contributed by atoms with van der Waals surface area (Å²) in [4.78, 5) is 24.3. The molecule has 1 aromatic carbocycles. The number of methoxy groups -OCH3 is 1. The van der Waals surface area contributed by atoms with Gasteiger partial charge in [-0.25, -0.2) is 14.0 Å². The highest BCUT2D eigenvalue weighted by molar-refractivity contribution is 5.96. The molecule has 0 aliphatic carbocycles. The predicted octanol–water partition coefficient (Wildman–Crippen LogP) is 2.81. The third-order valence-corrected chi connectivity index (χ3v) is 3.39. The van der Waals surface area contributed by atoms with E-state index in [9.17, 15) is 14.0 Å². The van der Waals surface area contributed by atoms with E-state index in [1.54, 1.807) is 20.8 Å². The smallest absolute Gasteiger partial charge is 0.357 e. The fraction of sp³-hybridized carbons (Fsp3) is 0.278. The molecular weight excluding hydrogens is 341 g/mol. The molecule has 136 valence electrons. The molecule has 0 saturated carbocycles. The quantitative estimate of drug-likeness (QED) is 0.845. The molecule has 2 rings (SSSR count). The van der Waals surface area contributed by atoms with Crippen LogP contribution in [0.25, 0.3) is 5.69 Å². The number of carbonyl (C=O) groups excluding carboxylic acids is 2. The number of nitrogen functional groups attached to an aromatic ring is 1. The SMILES string of the molecule is COC(=O)c1c(N)c(C#N)cn1-c1ccc(F)c(C(=O)OC(C)(C)C)c1. The minimum absolute atomic E-state index is 0.0496. The maximum absolute atomic E-state index is 14.1. The van der Waals surface area contributed by atoms with Gasteiger partial charge in [0.1, 0.15) is 17.5 Å². The fourth-order valence-electron chi connectivity index (χ4n) is 2.27. The molecule has 0 unspecified atom stereocenters. The van der Waals surface area contributed by atoms with E-state index in [1.165, 1.54) is 30.0 Å².